The molecule has 2 heterocycles. The van der Waals surface area contributed by atoms with Gasteiger partial charge in [0.15, 0.2) is 0 Å². The third-order valence-electron chi connectivity index (χ3n) is 3.01. The maximum absolute atomic E-state index is 4.22. The lowest BCUT2D eigenvalue weighted by Crippen LogP contribution is -2.33. The van der Waals surface area contributed by atoms with Crippen LogP contribution in [-0.2, 0) is 0 Å². The van der Waals surface area contributed by atoms with E-state index in [2.05, 4.69) is 28.7 Å². The Labute approximate surface area is 85.2 Å². The molecule has 0 N–H and O–H groups in total. The SMILES string of the molecule is Cc1ncncc1N1CCC(C)CC1. The second-order valence-electron chi connectivity index (χ2n) is 4.16. The first-order valence-electron chi connectivity index (χ1n) is 5.29. The Balaban J connectivity index is 2.12. The van der Waals surface area contributed by atoms with Gasteiger partial charge in [0.1, 0.15) is 6.33 Å². The molecule has 2 rings (SSSR count). The van der Waals surface area contributed by atoms with E-state index in [4.69, 9.17) is 0 Å². The van der Waals surface area contributed by atoms with Gasteiger partial charge in [-0.25, -0.2) is 9.97 Å². The fraction of sp³-hybridized carbons (Fsp3) is 0.636. The van der Waals surface area contributed by atoms with Crippen LogP contribution in [0.15, 0.2) is 12.5 Å². The van der Waals surface area contributed by atoms with Crippen LogP contribution in [0.5, 0.6) is 0 Å². The molecule has 1 aromatic rings. The quantitative estimate of drug-likeness (QED) is 0.680. The molecule has 0 spiro atoms. The molecule has 1 aliphatic heterocycles. The molecule has 3 heteroatoms. The Kier molecular flexibility index (Phi) is 2.66. The average molecular weight is 191 g/mol. The number of aryl methyl sites for hydroxylation is 1. The van der Waals surface area contributed by atoms with Crippen molar-refractivity contribution >= 4 is 5.69 Å². The van der Waals surface area contributed by atoms with E-state index < -0.39 is 0 Å². The maximum atomic E-state index is 4.22. The molecular formula is C11H17N3. The van der Waals surface area contributed by atoms with Gasteiger partial charge in [-0.1, -0.05) is 6.92 Å². The molecule has 0 aliphatic carbocycles. The fourth-order valence-electron chi connectivity index (χ4n) is 1.94. The first kappa shape index (κ1) is 9.44. The van der Waals surface area contributed by atoms with Gasteiger partial charge in [-0.2, -0.15) is 0 Å². The van der Waals surface area contributed by atoms with Crippen molar-refractivity contribution in [1.82, 2.24) is 9.97 Å². The van der Waals surface area contributed by atoms with Crippen molar-refractivity contribution in [3.05, 3.63) is 18.2 Å². The van der Waals surface area contributed by atoms with Crippen LogP contribution in [0.25, 0.3) is 0 Å². The van der Waals surface area contributed by atoms with Gasteiger partial charge in [-0.3, -0.25) is 0 Å². The lowest BCUT2D eigenvalue weighted by Gasteiger charge is -2.32. The average Bonchev–Trinajstić information content (AvgIpc) is 2.20. The zero-order chi connectivity index (χ0) is 9.97. The number of anilines is 1. The van der Waals surface area contributed by atoms with Crippen LogP contribution in [0.1, 0.15) is 25.5 Å². The predicted octanol–water partition coefficient (Wildman–Crippen LogP) is 2.02. The summed E-state index contributed by atoms with van der Waals surface area (Å²) in [6.07, 6.45) is 6.12. The molecule has 1 aliphatic rings. The van der Waals surface area contributed by atoms with Gasteiger partial charge in [0, 0.05) is 13.1 Å². The van der Waals surface area contributed by atoms with E-state index in [-0.39, 0.29) is 0 Å². The van der Waals surface area contributed by atoms with Gasteiger partial charge in [-0.15, -0.1) is 0 Å². The van der Waals surface area contributed by atoms with Crippen LogP contribution in [0.4, 0.5) is 5.69 Å². The van der Waals surface area contributed by atoms with Gasteiger partial charge >= 0.3 is 0 Å². The molecule has 0 amide bonds. The van der Waals surface area contributed by atoms with Gasteiger partial charge < -0.3 is 4.90 Å². The zero-order valence-corrected chi connectivity index (χ0v) is 8.90. The highest BCUT2D eigenvalue weighted by molar-refractivity contribution is 5.48. The molecule has 0 saturated carbocycles. The van der Waals surface area contributed by atoms with Gasteiger partial charge in [0.25, 0.3) is 0 Å². The predicted molar refractivity (Wildman–Crippen MR) is 57.4 cm³/mol. The molecule has 3 nitrogen and oxygen atoms in total. The summed E-state index contributed by atoms with van der Waals surface area (Å²) in [5.41, 5.74) is 2.30. The van der Waals surface area contributed by atoms with Crippen LogP contribution in [0.3, 0.4) is 0 Å². The molecule has 1 saturated heterocycles. The van der Waals surface area contributed by atoms with E-state index in [0.717, 1.165) is 24.7 Å². The highest BCUT2D eigenvalue weighted by Crippen LogP contribution is 2.23. The van der Waals surface area contributed by atoms with Crippen molar-refractivity contribution in [1.29, 1.82) is 0 Å². The summed E-state index contributed by atoms with van der Waals surface area (Å²) in [7, 11) is 0. The summed E-state index contributed by atoms with van der Waals surface area (Å²) in [6, 6.07) is 0. The molecule has 14 heavy (non-hydrogen) atoms. The molecular weight excluding hydrogens is 174 g/mol. The van der Waals surface area contributed by atoms with Gasteiger partial charge in [0.05, 0.1) is 17.6 Å². The Bertz CT molecular complexity index is 303. The Morgan fingerprint density at radius 2 is 2.07 bits per heavy atom. The molecule has 1 aromatic heterocycles. The Hall–Kier alpha value is -1.12. The largest absolute Gasteiger partial charge is 0.369 e. The lowest BCUT2D eigenvalue weighted by molar-refractivity contribution is 0.437. The van der Waals surface area contributed by atoms with Crippen molar-refractivity contribution in [2.45, 2.75) is 26.7 Å². The van der Waals surface area contributed by atoms with E-state index in [0.29, 0.717) is 0 Å². The van der Waals surface area contributed by atoms with E-state index in [1.807, 2.05) is 6.20 Å². The number of hydrogen-bond donors (Lipinski definition) is 0. The summed E-state index contributed by atoms with van der Waals surface area (Å²) < 4.78 is 0. The van der Waals surface area contributed by atoms with Crippen LogP contribution in [0, 0.1) is 12.8 Å². The van der Waals surface area contributed by atoms with E-state index >= 15 is 0 Å². The number of hydrogen-bond acceptors (Lipinski definition) is 3. The number of piperidine rings is 1. The molecule has 0 bridgehead atoms. The Morgan fingerprint density at radius 3 is 2.71 bits per heavy atom. The second kappa shape index (κ2) is 3.95. The van der Waals surface area contributed by atoms with Crippen molar-refractivity contribution in [3.63, 3.8) is 0 Å². The minimum absolute atomic E-state index is 0.871. The van der Waals surface area contributed by atoms with Crippen molar-refractivity contribution in [3.8, 4) is 0 Å². The third-order valence-corrected chi connectivity index (χ3v) is 3.01. The Morgan fingerprint density at radius 1 is 1.36 bits per heavy atom. The number of rotatable bonds is 1. The normalized spacial score (nSPS) is 18.6. The van der Waals surface area contributed by atoms with Crippen molar-refractivity contribution < 1.29 is 0 Å². The van der Waals surface area contributed by atoms with E-state index in [9.17, 15) is 0 Å². The number of nitrogens with zero attached hydrogens (tertiary/aromatic N) is 3. The highest BCUT2D eigenvalue weighted by atomic mass is 15.1. The summed E-state index contributed by atoms with van der Waals surface area (Å²) in [4.78, 5) is 10.7. The summed E-state index contributed by atoms with van der Waals surface area (Å²) >= 11 is 0. The molecule has 0 unspecified atom stereocenters. The van der Waals surface area contributed by atoms with Crippen molar-refractivity contribution in [2.75, 3.05) is 18.0 Å². The van der Waals surface area contributed by atoms with Gasteiger partial charge in [-0.05, 0) is 25.7 Å². The minimum Gasteiger partial charge on any atom is -0.369 e. The van der Waals surface area contributed by atoms with Gasteiger partial charge in [0.2, 0.25) is 0 Å². The highest BCUT2D eigenvalue weighted by Gasteiger charge is 2.17. The monoisotopic (exact) mass is 191 g/mol. The first-order chi connectivity index (χ1) is 6.77. The molecule has 0 aromatic carbocycles. The second-order valence-corrected chi connectivity index (χ2v) is 4.16. The smallest absolute Gasteiger partial charge is 0.115 e. The minimum atomic E-state index is 0.871. The number of aromatic nitrogens is 2. The summed E-state index contributed by atoms with van der Waals surface area (Å²) in [5, 5.41) is 0. The van der Waals surface area contributed by atoms with Crippen LogP contribution < -0.4 is 4.90 Å². The molecule has 1 fully saturated rings. The third kappa shape index (κ3) is 1.86. The topological polar surface area (TPSA) is 29.0 Å². The van der Waals surface area contributed by atoms with Crippen LogP contribution in [-0.4, -0.2) is 23.1 Å². The zero-order valence-electron chi connectivity index (χ0n) is 8.90. The summed E-state index contributed by atoms with van der Waals surface area (Å²) in [6.45, 7) is 6.67. The fourth-order valence-corrected chi connectivity index (χ4v) is 1.94. The van der Waals surface area contributed by atoms with Crippen molar-refractivity contribution in [2.24, 2.45) is 5.92 Å². The summed E-state index contributed by atoms with van der Waals surface area (Å²) in [5.74, 6) is 0.871. The van der Waals surface area contributed by atoms with E-state index in [1.165, 1.54) is 18.5 Å². The molecule has 0 atom stereocenters. The van der Waals surface area contributed by atoms with Crippen LogP contribution >= 0.6 is 0 Å². The van der Waals surface area contributed by atoms with Crippen LogP contribution in [0.2, 0.25) is 0 Å². The molecule has 76 valence electrons. The standard InChI is InChI=1S/C11H17N3/c1-9-3-5-14(6-4-9)11-7-12-8-13-10(11)2/h7-9H,3-6H2,1-2H3. The maximum Gasteiger partial charge on any atom is 0.115 e. The van der Waals surface area contributed by atoms with E-state index in [1.54, 1.807) is 6.33 Å². The molecule has 0 radical (unpaired) electrons. The first-order valence-corrected chi connectivity index (χ1v) is 5.29. The lowest BCUT2D eigenvalue weighted by atomic mass is 9.99.